The summed E-state index contributed by atoms with van der Waals surface area (Å²) < 4.78 is 0. The first-order valence-electron chi connectivity index (χ1n) is 5.37. The van der Waals surface area contributed by atoms with Crippen molar-refractivity contribution in [1.82, 2.24) is 4.98 Å². The second kappa shape index (κ2) is 5.61. The number of thiazole rings is 1. The van der Waals surface area contributed by atoms with Gasteiger partial charge in [0.1, 0.15) is 0 Å². The summed E-state index contributed by atoms with van der Waals surface area (Å²) in [6.45, 7) is -0.00761. The fourth-order valence-electron chi connectivity index (χ4n) is 1.47. The number of hydrogen-bond acceptors (Lipinski definition) is 5. The van der Waals surface area contributed by atoms with Crippen LogP contribution in [0.3, 0.4) is 0 Å². The zero-order chi connectivity index (χ0) is 13.0. The summed E-state index contributed by atoms with van der Waals surface area (Å²) in [5, 5.41) is 13.9. The summed E-state index contributed by atoms with van der Waals surface area (Å²) in [5.41, 5.74) is 7.66. The lowest BCUT2D eigenvalue weighted by Crippen LogP contribution is -2.14. The van der Waals surface area contributed by atoms with E-state index < -0.39 is 0 Å². The highest BCUT2D eigenvalue weighted by Gasteiger charge is 2.07. The van der Waals surface area contributed by atoms with Crippen LogP contribution in [0, 0.1) is 0 Å². The van der Waals surface area contributed by atoms with Gasteiger partial charge in [0, 0.05) is 11.1 Å². The molecule has 0 bridgehead atoms. The Kier molecular flexibility index (Phi) is 3.91. The van der Waals surface area contributed by atoms with E-state index in [-0.39, 0.29) is 18.9 Å². The van der Waals surface area contributed by atoms with Crippen molar-refractivity contribution < 1.29 is 9.90 Å². The van der Waals surface area contributed by atoms with Crippen molar-refractivity contribution in [3.8, 4) is 0 Å². The van der Waals surface area contributed by atoms with Crippen LogP contribution >= 0.6 is 11.3 Å². The predicted octanol–water partition coefficient (Wildman–Crippen LogP) is 1.40. The summed E-state index contributed by atoms with van der Waals surface area (Å²) in [4.78, 5) is 15.7. The van der Waals surface area contributed by atoms with Crippen molar-refractivity contribution in [2.24, 2.45) is 0 Å². The number of hydrogen-bond donors (Lipinski definition) is 3. The number of rotatable bonds is 4. The number of carbonyl (C=O) groups is 1. The average molecular weight is 263 g/mol. The van der Waals surface area contributed by atoms with Crippen LogP contribution in [0.25, 0.3) is 0 Å². The summed E-state index contributed by atoms with van der Waals surface area (Å²) >= 11 is 1.32. The van der Waals surface area contributed by atoms with E-state index in [0.29, 0.717) is 16.5 Å². The molecule has 0 fully saturated rings. The first kappa shape index (κ1) is 12.5. The molecule has 0 aliphatic heterocycles. The zero-order valence-corrected chi connectivity index (χ0v) is 10.4. The van der Waals surface area contributed by atoms with Gasteiger partial charge in [-0.2, -0.15) is 0 Å². The fourth-order valence-corrected chi connectivity index (χ4v) is 2.03. The lowest BCUT2D eigenvalue weighted by Gasteiger charge is -2.04. The van der Waals surface area contributed by atoms with E-state index in [4.69, 9.17) is 10.8 Å². The number of nitrogens with two attached hydrogens (primary N) is 1. The Labute approximate surface area is 108 Å². The van der Waals surface area contributed by atoms with Crippen LogP contribution in [-0.2, 0) is 17.8 Å². The molecule has 1 amide bonds. The van der Waals surface area contributed by atoms with Gasteiger partial charge in [-0.1, -0.05) is 12.1 Å². The number of carbonyl (C=O) groups excluding carboxylic acids is 1. The molecule has 1 heterocycles. The van der Waals surface area contributed by atoms with Gasteiger partial charge in [0.15, 0.2) is 5.13 Å². The molecule has 0 aliphatic rings. The minimum absolute atomic E-state index is 0.00761. The van der Waals surface area contributed by atoms with Crippen molar-refractivity contribution in [1.29, 1.82) is 0 Å². The maximum atomic E-state index is 11.7. The predicted molar refractivity (Wildman–Crippen MR) is 71.2 cm³/mol. The number of amides is 1. The quantitative estimate of drug-likeness (QED) is 0.778. The summed E-state index contributed by atoms with van der Waals surface area (Å²) in [7, 11) is 0. The standard InChI is InChI=1S/C12H13N3O2S/c13-12-15-10(7-18-12)5-11(17)14-9-3-1-8(6-16)2-4-9/h1-4,7,16H,5-6H2,(H2,13,15)(H,14,17). The minimum Gasteiger partial charge on any atom is -0.392 e. The molecular weight excluding hydrogens is 250 g/mol. The molecule has 4 N–H and O–H groups in total. The SMILES string of the molecule is Nc1nc(CC(=O)Nc2ccc(CO)cc2)cs1. The Morgan fingerprint density at radius 3 is 2.67 bits per heavy atom. The van der Waals surface area contributed by atoms with Gasteiger partial charge in [0.25, 0.3) is 0 Å². The Bertz CT molecular complexity index is 537. The molecule has 2 rings (SSSR count). The number of aromatic nitrogens is 1. The maximum Gasteiger partial charge on any atom is 0.230 e. The summed E-state index contributed by atoms with van der Waals surface area (Å²) in [6.07, 6.45) is 0.204. The molecule has 5 nitrogen and oxygen atoms in total. The van der Waals surface area contributed by atoms with Gasteiger partial charge < -0.3 is 16.2 Å². The number of benzene rings is 1. The van der Waals surface area contributed by atoms with Gasteiger partial charge in [-0.25, -0.2) is 4.98 Å². The fraction of sp³-hybridized carbons (Fsp3) is 0.167. The van der Waals surface area contributed by atoms with E-state index >= 15 is 0 Å². The second-order valence-corrected chi connectivity index (χ2v) is 4.65. The van der Waals surface area contributed by atoms with Crippen LogP contribution in [0.4, 0.5) is 10.8 Å². The topological polar surface area (TPSA) is 88.2 Å². The largest absolute Gasteiger partial charge is 0.392 e. The van der Waals surface area contributed by atoms with E-state index in [1.165, 1.54) is 11.3 Å². The highest BCUT2D eigenvalue weighted by molar-refractivity contribution is 7.13. The molecule has 0 radical (unpaired) electrons. The average Bonchev–Trinajstić information content (AvgIpc) is 2.75. The number of nitrogen functional groups attached to an aromatic ring is 1. The number of aliphatic hydroxyl groups excluding tert-OH is 1. The maximum absolute atomic E-state index is 11.7. The lowest BCUT2D eigenvalue weighted by molar-refractivity contribution is -0.115. The van der Waals surface area contributed by atoms with Crippen molar-refractivity contribution >= 4 is 28.1 Å². The summed E-state index contributed by atoms with van der Waals surface area (Å²) in [6, 6.07) is 7.02. The highest BCUT2D eigenvalue weighted by Crippen LogP contribution is 2.13. The van der Waals surface area contributed by atoms with E-state index in [9.17, 15) is 4.79 Å². The molecular formula is C12H13N3O2S. The zero-order valence-electron chi connectivity index (χ0n) is 9.59. The second-order valence-electron chi connectivity index (χ2n) is 3.76. The first-order valence-corrected chi connectivity index (χ1v) is 6.25. The van der Waals surface area contributed by atoms with Crippen LogP contribution in [0.5, 0.6) is 0 Å². The Morgan fingerprint density at radius 1 is 1.39 bits per heavy atom. The number of aliphatic hydroxyl groups is 1. The molecule has 0 spiro atoms. The third-order valence-electron chi connectivity index (χ3n) is 2.33. The molecule has 6 heteroatoms. The first-order chi connectivity index (χ1) is 8.67. The third-order valence-corrected chi connectivity index (χ3v) is 3.05. The number of nitrogens with zero attached hydrogens (tertiary/aromatic N) is 1. The van der Waals surface area contributed by atoms with Gasteiger partial charge in [-0.15, -0.1) is 11.3 Å². The van der Waals surface area contributed by atoms with Crippen LogP contribution in [0.1, 0.15) is 11.3 Å². The smallest absolute Gasteiger partial charge is 0.230 e. The van der Waals surface area contributed by atoms with E-state index in [0.717, 1.165) is 5.56 Å². The van der Waals surface area contributed by atoms with Gasteiger partial charge >= 0.3 is 0 Å². The molecule has 94 valence electrons. The molecule has 0 saturated heterocycles. The van der Waals surface area contributed by atoms with Crippen molar-refractivity contribution in [2.45, 2.75) is 13.0 Å². The third kappa shape index (κ3) is 3.28. The lowest BCUT2D eigenvalue weighted by atomic mass is 10.2. The highest BCUT2D eigenvalue weighted by atomic mass is 32.1. The molecule has 0 saturated carbocycles. The van der Waals surface area contributed by atoms with Crippen LogP contribution < -0.4 is 11.1 Å². The Balaban J connectivity index is 1.94. The van der Waals surface area contributed by atoms with Gasteiger partial charge in [0.05, 0.1) is 18.7 Å². The van der Waals surface area contributed by atoms with Crippen molar-refractivity contribution in [2.75, 3.05) is 11.1 Å². The van der Waals surface area contributed by atoms with Crippen LogP contribution in [0.2, 0.25) is 0 Å². The van der Waals surface area contributed by atoms with E-state index in [2.05, 4.69) is 10.3 Å². The van der Waals surface area contributed by atoms with Gasteiger partial charge in [0.2, 0.25) is 5.91 Å². The number of anilines is 2. The van der Waals surface area contributed by atoms with Crippen LogP contribution in [-0.4, -0.2) is 16.0 Å². The normalized spacial score (nSPS) is 10.3. The minimum atomic E-state index is -0.142. The molecule has 1 aromatic heterocycles. The Morgan fingerprint density at radius 2 is 2.11 bits per heavy atom. The Hall–Kier alpha value is -1.92. The van der Waals surface area contributed by atoms with E-state index in [1.807, 2.05) is 0 Å². The molecule has 0 atom stereocenters. The van der Waals surface area contributed by atoms with Gasteiger partial charge in [-0.3, -0.25) is 4.79 Å². The van der Waals surface area contributed by atoms with Crippen molar-refractivity contribution in [3.05, 3.63) is 40.9 Å². The molecule has 18 heavy (non-hydrogen) atoms. The van der Waals surface area contributed by atoms with Crippen molar-refractivity contribution in [3.63, 3.8) is 0 Å². The molecule has 0 aliphatic carbocycles. The monoisotopic (exact) mass is 263 g/mol. The van der Waals surface area contributed by atoms with Crippen LogP contribution in [0.15, 0.2) is 29.6 Å². The molecule has 2 aromatic rings. The molecule has 0 unspecified atom stereocenters. The van der Waals surface area contributed by atoms with E-state index in [1.54, 1.807) is 29.6 Å². The summed E-state index contributed by atoms with van der Waals surface area (Å²) in [5.74, 6) is -0.142. The number of nitrogens with one attached hydrogen (secondary N) is 1. The molecule has 1 aromatic carbocycles. The van der Waals surface area contributed by atoms with Gasteiger partial charge in [-0.05, 0) is 17.7 Å².